The lowest BCUT2D eigenvalue weighted by Gasteiger charge is -2.36. The first-order valence-corrected chi connectivity index (χ1v) is 11.0. The number of piperazine rings is 2. The number of hydrogen-bond donors (Lipinski definition) is 0. The summed E-state index contributed by atoms with van der Waals surface area (Å²) in [7, 11) is 5.31. The van der Waals surface area contributed by atoms with E-state index in [1.54, 1.807) is 32.4 Å². The lowest BCUT2D eigenvalue weighted by Crippen LogP contribution is -2.49. The number of carbonyl (C=O) groups is 1. The smallest absolute Gasteiger partial charge is 0.254 e. The van der Waals surface area contributed by atoms with E-state index >= 15 is 0 Å². The Kier molecular flexibility index (Phi) is 6.64. The van der Waals surface area contributed by atoms with Crippen LogP contribution >= 0.6 is 0 Å². The second-order valence-electron chi connectivity index (χ2n) is 8.31. The van der Waals surface area contributed by atoms with E-state index < -0.39 is 0 Å². The molecule has 0 aliphatic carbocycles. The van der Waals surface area contributed by atoms with Crippen molar-refractivity contribution >= 4 is 17.7 Å². The molecule has 172 valence electrons. The molecule has 1 aromatic carbocycles. The molecule has 0 atom stereocenters. The highest BCUT2D eigenvalue weighted by Gasteiger charge is 2.25. The molecule has 9 nitrogen and oxygen atoms in total. The maximum Gasteiger partial charge on any atom is 0.254 e. The zero-order chi connectivity index (χ0) is 22.7. The first-order valence-electron chi connectivity index (χ1n) is 11.0. The molecule has 32 heavy (non-hydrogen) atoms. The predicted octanol–water partition coefficient (Wildman–Crippen LogP) is 1.52. The van der Waals surface area contributed by atoms with Gasteiger partial charge in [-0.25, -0.2) is 4.98 Å². The van der Waals surface area contributed by atoms with E-state index in [2.05, 4.69) is 32.8 Å². The van der Waals surface area contributed by atoms with Crippen LogP contribution in [0.5, 0.6) is 11.5 Å². The van der Waals surface area contributed by atoms with E-state index in [9.17, 15) is 4.79 Å². The molecule has 0 bridgehead atoms. The summed E-state index contributed by atoms with van der Waals surface area (Å²) in [4.78, 5) is 31.3. The summed E-state index contributed by atoms with van der Waals surface area (Å²) in [6, 6.07) is 7.34. The summed E-state index contributed by atoms with van der Waals surface area (Å²) in [5, 5.41) is 0. The first-order chi connectivity index (χ1) is 15.5. The largest absolute Gasteiger partial charge is 0.493 e. The predicted molar refractivity (Wildman–Crippen MR) is 124 cm³/mol. The number of ether oxygens (including phenoxy) is 2. The summed E-state index contributed by atoms with van der Waals surface area (Å²) in [5.74, 6) is 2.90. The Hall–Kier alpha value is -3.07. The van der Waals surface area contributed by atoms with Gasteiger partial charge in [0.1, 0.15) is 5.82 Å². The van der Waals surface area contributed by atoms with Crippen molar-refractivity contribution in [1.29, 1.82) is 0 Å². The number of likely N-dealkylation sites (N-methyl/N-ethyl adjacent to an activating group) is 1. The third-order valence-corrected chi connectivity index (χ3v) is 6.14. The van der Waals surface area contributed by atoms with Gasteiger partial charge in [0.25, 0.3) is 5.91 Å². The van der Waals surface area contributed by atoms with Crippen LogP contribution in [0.2, 0.25) is 0 Å². The Balaban J connectivity index is 1.42. The van der Waals surface area contributed by atoms with E-state index in [4.69, 9.17) is 14.5 Å². The fourth-order valence-electron chi connectivity index (χ4n) is 4.14. The monoisotopic (exact) mass is 440 g/mol. The molecule has 4 rings (SSSR count). The molecule has 2 aromatic rings. The van der Waals surface area contributed by atoms with Crippen LogP contribution in [0.3, 0.4) is 0 Å². The number of methoxy groups -OCH3 is 2. The Labute approximate surface area is 189 Å². The molecule has 1 aromatic heterocycles. The molecular formula is C23H32N6O3. The molecule has 2 aliphatic heterocycles. The highest BCUT2D eigenvalue weighted by atomic mass is 16.5. The Morgan fingerprint density at radius 3 is 2.16 bits per heavy atom. The lowest BCUT2D eigenvalue weighted by atomic mass is 10.1. The van der Waals surface area contributed by atoms with Crippen molar-refractivity contribution in [2.75, 3.05) is 83.4 Å². The van der Waals surface area contributed by atoms with Crippen molar-refractivity contribution in [1.82, 2.24) is 19.8 Å². The molecular weight excluding hydrogens is 408 g/mol. The average molecular weight is 441 g/mol. The summed E-state index contributed by atoms with van der Waals surface area (Å²) in [6.07, 6.45) is 0. The van der Waals surface area contributed by atoms with E-state index in [0.717, 1.165) is 43.6 Å². The molecule has 2 fully saturated rings. The summed E-state index contributed by atoms with van der Waals surface area (Å²) in [5.41, 5.74) is 1.56. The van der Waals surface area contributed by atoms with Crippen LogP contribution in [0.25, 0.3) is 0 Å². The topological polar surface area (TPSA) is 74.3 Å². The zero-order valence-corrected chi connectivity index (χ0v) is 19.4. The number of benzene rings is 1. The highest BCUT2D eigenvalue weighted by molar-refractivity contribution is 5.95. The summed E-state index contributed by atoms with van der Waals surface area (Å²) in [6.45, 7) is 8.67. The number of aromatic nitrogens is 2. The van der Waals surface area contributed by atoms with Gasteiger partial charge in [0.2, 0.25) is 5.95 Å². The Morgan fingerprint density at radius 2 is 1.50 bits per heavy atom. The molecule has 0 unspecified atom stereocenters. The van der Waals surface area contributed by atoms with Crippen LogP contribution in [0.1, 0.15) is 16.1 Å². The number of carbonyl (C=O) groups excluding carboxylic acids is 1. The van der Waals surface area contributed by atoms with Crippen LogP contribution in [0, 0.1) is 6.92 Å². The summed E-state index contributed by atoms with van der Waals surface area (Å²) >= 11 is 0. The Morgan fingerprint density at radius 1 is 0.844 bits per heavy atom. The van der Waals surface area contributed by atoms with Gasteiger partial charge in [-0.1, -0.05) is 0 Å². The molecule has 0 saturated carbocycles. The maximum absolute atomic E-state index is 13.0. The van der Waals surface area contributed by atoms with Crippen molar-refractivity contribution in [3.05, 3.63) is 35.5 Å². The van der Waals surface area contributed by atoms with Crippen LogP contribution in [-0.2, 0) is 0 Å². The fraction of sp³-hybridized carbons (Fsp3) is 0.522. The number of nitrogens with zero attached hydrogens (tertiary/aromatic N) is 6. The number of amides is 1. The molecule has 2 aliphatic rings. The lowest BCUT2D eigenvalue weighted by molar-refractivity contribution is 0.0745. The molecule has 3 heterocycles. The van der Waals surface area contributed by atoms with Crippen molar-refractivity contribution in [3.8, 4) is 11.5 Å². The van der Waals surface area contributed by atoms with Crippen molar-refractivity contribution in [2.24, 2.45) is 0 Å². The van der Waals surface area contributed by atoms with Gasteiger partial charge in [-0.15, -0.1) is 0 Å². The van der Waals surface area contributed by atoms with E-state index in [1.807, 2.05) is 11.8 Å². The van der Waals surface area contributed by atoms with Gasteiger partial charge >= 0.3 is 0 Å². The van der Waals surface area contributed by atoms with Gasteiger partial charge in [0.05, 0.1) is 14.2 Å². The van der Waals surface area contributed by atoms with Crippen molar-refractivity contribution in [3.63, 3.8) is 0 Å². The number of rotatable bonds is 5. The van der Waals surface area contributed by atoms with Crippen LogP contribution < -0.4 is 19.3 Å². The molecule has 0 radical (unpaired) electrons. The van der Waals surface area contributed by atoms with E-state index in [1.165, 1.54) is 0 Å². The minimum absolute atomic E-state index is 0.00566. The number of hydrogen-bond acceptors (Lipinski definition) is 8. The van der Waals surface area contributed by atoms with E-state index in [0.29, 0.717) is 43.2 Å². The zero-order valence-electron chi connectivity index (χ0n) is 19.4. The van der Waals surface area contributed by atoms with Crippen LogP contribution in [0.15, 0.2) is 24.3 Å². The average Bonchev–Trinajstić information content (AvgIpc) is 2.83. The number of aryl methyl sites for hydroxylation is 1. The normalized spacial score (nSPS) is 17.4. The van der Waals surface area contributed by atoms with Gasteiger partial charge in [-0.2, -0.15) is 4.98 Å². The van der Waals surface area contributed by atoms with Gasteiger partial charge in [0, 0.05) is 69.7 Å². The van der Waals surface area contributed by atoms with Gasteiger partial charge in [-0.05, 0) is 32.2 Å². The number of anilines is 2. The van der Waals surface area contributed by atoms with Crippen molar-refractivity contribution < 1.29 is 14.3 Å². The SMILES string of the molecule is COc1ccc(C(=O)N2CCN(c3nc(C)cc(N4CCN(C)CC4)n3)CC2)cc1OC. The second-order valence-corrected chi connectivity index (χ2v) is 8.31. The van der Waals surface area contributed by atoms with Gasteiger partial charge in [0.15, 0.2) is 11.5 Å². The molecule has 1 amide bonds. The first kappa shape index (κ1) is 22.1. The maximum atomic E-state index is 13.0. The third kappa shape index (κ3) is 4.72. The fourth-order valence-corrected chi connectivity index (χ4v) is 4.14. The van der Waals surface area contributed by atoms with Crippen LogP contribution in [-0.4, -0.2) is 99.3 Å². The van der Waals surface area contributed by atoms with Gasteiger partial charge in [-0.3, -0.25) is 4.79 Å². The highest BCUT2D eigenvalue weighted by Crippen LogP contribution is 2.28. The molecule has 2 saturated heterocycles. The minimum Gasteiger partial charge on any atom is -0.493 e. The van der Waals surface area contributed by atoms with Crippen molar-refractivity contribution in [2.45, 2.75) is 6.92 Å². The third-order valence-electron chi connectivity index (χ3n) is 6.14. The minimum atomic E-state index is -0.00566. The van der Waals surface area contributed by atoms with E-state index in [-0.39, 0.29) is 5.91 Å². The van der Waals surface area contributed by atoms with Crippen LogP contribution in [0.4, 0.5) is 11.8 Å². The second kappa shape index (κ2) is 9.60. The standard InChI is InChI=1S/C23H32N6O3/c1-17-15-21(27-9-7-26(2)8-10-27)25-23(24-17)29-13-11-28(12-14-29)22(30)18-5-6-19(31-3)20(16-18)32-4/h5-6,15-16H,7-14H2,1-4H3. The molecule has 9 heteroatoms. The Bertz CT molecular complexity index is 953. The summed E-state index contributed by atoms with van der Waals surface area (Å²) < 4.78 is 10.6. The molecule has 0 spiro atoms. The molecule has 0 N–H and O–H groups in total. The quantitative estimate of drug-likeness (QED) is 0.693. The van der Waals surface area contributed by atoms with Gasteiger partial charge < -0.3 is 29.1 Å².